The van der Waals surface area contributed by atoms with E-state index < -0.39 is 0 Å². The van der Waals surface area contributed by atoms with Crippen LogP contribution in [-0.2, 0) is 5.33 Å². The van der Waals surface area contributed by atoms with Crippen molar-refractivity contribution in [3.05, 3.63) is 133 Å². The molecular weight excluding hydrogens is 484 g/mol. The van der Waals surface area contributed by atoms with E-state index in [9.17, 15) is 0 Å². The van der Waals surface area contributed by atoms with Gasteiger partial charge in [-0.2, -0.15) is 0 Å². The second-order valence-corrected chi connectivity index (χ2v) is 8.49. The van der Waals surface area contributed by atoms with Gasteiger partial charge in [0.2, 0.25) is 0 Å². The highest BCUT2D eigenvalue weighted by atomic mass is 79.9. The van der Waals surface area contributed by atoms with E-state index in [1.807, 2.05) is 78.9 Å². The molecule has 0 radical (unpaired) electrons. The van der Waals surface area contributed by atoms with Gasteiger partial charge in [-0.3, -0.25) is 0 Å². The molecule has 0 N–H and O–H groups in total. The third-order valence-electron chi connectivity index (χ3n) is 5.49. The van der Waals surface area contributed by atoms with Crippen molar-refractivity contribution >= 4 is 15.9 Å². The van der Waals surface area contributed by atoms with E-state index in [1.54, 1.807) is 0 Å². The lowest BCUT2D eigenvalue weighted by Gasteiger charge is -2.12. The monoisotopic (exact) mass is 506 g/mol. The minimum atomic E-state index is 0.709. The number of hydrogen-bond donors (Lipinski definition) is 0. The summed E-state index contributed by atoms with van der Waals surface area (Å²) in [6.45, 7) is 0. The molecule has 0 fully saturated rings. The van der Waals surface area contributed by atoms with E-state index in [-0.39, 0.29) is 0 Å². The van der Waals surface area contributed by atoms with E-state index >= 15 is 0 Å². The Balaban J connectivity index is 1.32. The Bertz CT molecular complexity index is 1240. The van der Waals surface area contributed by atoms with Gasteiger partial charge in [-0.05, 0) is 64.2 Å². The van der Waals surface area contributed by atoms with E-state index in [0.29, 0.717) is 5.33 Å². The number of halogens is 1. The number of alkyl halides is 1. The topological polar surface area (TPSA) is 18.5 Å². The molecular formula is C31H23BrO2. The highest BCUT2D eigenvalue weighted by molar-refractivity contribution is 9.08. The molecule has 0 heterocycles. The molecule has 0 aliphatic heterocycles. The number of hydrogen-bond acceptors (Lipinski definition) is 2. The van der Waals surface area contributed by atoms with Gasteiger partial charge >= 0.3 is 0 Å². The normalized spacial score (nSPS) is 10.6. The van der Waals surface area contributed by atoms with Gasteiger partial charge in [0.1, 0.15) is 23.0 Å². The average molecular weight is 507 g/mol. The standard InChI is InChI=1S/C31H23BrO2/c32-22-23-19-30(33-28-15-11-26(12-16-28)24-7-3-1-4-8-24)21-31(20-23)34-29-17-13-27(14-18-29)25-9-5-2-6-10-25/h1-21H,22H2. The van der Waals surface area contributed by atoms with Crippen LogP contribution in [0.4, 0.5) is 0 Å². The number of rotatable bonds is 7. The quantitative estimate of drug-likeness (QED) is 0.204. The molecule has 0 aliphatic carbocycles. The second-order valence-electron chi connectivity index (χ2n) is 7.93. The molecule has 5 aromatic carbocycles. The summed E-state index contributed by atoms with van der Waals surface area (Å²) in [5, 5.41) is 0.709. The molecule has 166 valence electrons. The number of ether oxygens (including phenoxy) is 2. The van der Waals surface area contributed by atoms with Crippen LogP contribution in [0.5, 0.6) is 23.0 Å². The van der Waals surface area contributed by atoms with Crippen LogP contribution in [-0.4, -0.2) is 0 Å². The lowest BCUT2D eigenvalue weighted by atomic mass is 10.1. The van der Waals surface area contributed by atoms with E-state index in [0.717, 1.165) is 39.7 Å². The van der Waals surface area contributed by atoms with Crippen molar-refractivity contribution < 1.29 is 9.47 Å². The summed E-state index contributed by atoms with van der Waals surface area (Å²) in [5.41, 5.74) is 5.76. The molecule has 2 nitrogen and oxygen atoms in total. The van der Waals surface area contributed by atoms with Crippen LogP contribution in [0.2, 0.25) is 0 Å². The van der Waals surface area contributed by atoms with Crippen LogP contribution >= 0.6 is 15.9 Å². The molecule has 34 heavy (non-hydrogen) atoms. The Kier molecular flexibility index (Phi) is 6.73. The van der Waals surface area contributed by atoms with Crippen LogP contribution in [0.1, 0.15) is 5.56 Å². The molecule has 0 atom stereocenters. The first-order valence-electron chi connectivity index (χ1n) is 11.1. The molecule has 0 unspecified atom stereocenters. The summed E-state index contributed by atoms with van der Waals surface area (Å²) >= 11 is 3.56. The van der Waals surface area contributed by atoms with Crippen LogP contribution in [0.15, 0.2) is 127 Å². The van der Waals surface area contributed by atoms with Gasteiger partial charge in [0, 0.05) is 11.4 Å². The Labute approximate surface area is 208 Å². The van der Waals surface area contributed by atoms with Crippen molar-refractivity contribution in [1.82, 2.24) is 0 Å². The summed E-state index contributed by atoms with van der Waals surface area (Å²) in [6, 6.07) is 42.9. The van der Waals surface area contributed by atoms with Gasteiger partial charge in [-0.25, -0.2) is 0 Å². The highest BCUT2D eigenvalue weighted by Gasteiger charge is 2.07. The van der Waals surface area contributed by atoms with Crippen molar-refractivity contribution in [2.24, 2.45) is 0 Å². The van der Waals surface area contributed by atoms with Crippen LogP contribution < -0.4 is 9.47 Å². The van der Waals surface area contributed by atoms with Gasteiger partial charge in [0.05, 0.1) is 0 Å². The van der Waals surface area contributed by atoms with Crippen molar-refractivity contribution in [3.63, 3.8) is 0 Å². The summed E-state index contributed by atoms with van der Waals surface area (Å²) in [6.07, 6.45) is 0. The predicted octanol–water partition coefficient (Wildman–Crippen LogP) is 9.50. The average Bonchev–Trinajstić information content (AvgIpc) is 2.90. The molecule has 0 bridgehead atoms. The summed E-state index contributed by atoms with van der Waals surface area (Å²) < 4.78 is 12.3. The van der Waals surface area contributed by atoms with Crippen LogP contribution in [0, 0.1) is 0 Å². The van der Waals surface area contributed by atoms with E-state index in [4.69, 9.17) is 9.47 Å². The lowest BCUT2D eigenvalue weighted by Crippen LogP contribution is -1.90. The van der Waals surface area contributed by atoms with Gasteiger partial charge in [0.25, 0.3) is 0 Å². The number of benzene rings is 5. The van der Waals surface area contributed by atoms with Gasteiger partial charge in [-0.1, -0.05) is 101 Å². The van der Waals surface area contributed by atoms with Gasteiger partial charge in [0.15, 0.2) is 0 Å². The lowest BCUT2D eigenvalue weighted by molar-refractivity contribution is 0.459. The molecule has 5 rings (SSSR count). The Morgan fingerprint density at radius 1 is 0.412 bits per heavy atom. The highest BCUT2D eigenvalue weighted by Crippen LogP contribution is 2.33. The maximum Gasteiger partial charge on any atom is 0.131 e. The van der Waals surface area contributed by atoms with Crippen molar-refractivity contribution in [2.75, 3.05) is 0 Å². The van der Waals surface area contributed by atoms with Crippen molar-refractivity contribution in [3.8, 4) is 45.3 Å². The molecule has 0 saturated heterocycles. The van der Waals surface area contributed by atoms with E-state index in [1.165, 1.54) is 11.1 Å². The minimum Gasteiger partial charge on any atom is -0.457 e. The third kappa shape index (κ3) is 5.38. The fraction of sp³-hybridized carbons (Fsp3) is 0.0323. The fourth-order valence-electron chi connectivity index (χ4n) is 3.79. The summed E-state index contributed by atoms with van der Waals surface area (Å²) in [4.78, 5) is 0. The first-order chi connectivity index (χ1) is 16.8. The zero-order valence-corrected chi connectivity index (χ0v) is 20.1. The van der Waals surface area contributed by atoms with E-state index in [2.05, 4.69) is 64.5 Å². The largest absolute Gasteiger partial charge is 0.457 e. The summed E-state index contributed by atoms with van der Waals surface area (Å²) in [5.74, 6) is 3.04. The Morgan fingerprint density at radius 2 is 0.794 bits per heavy atom. The van der Waals surface area contributed by atoms with Gasteiger partial charge < -0.3 is 9.47 Å². The van der Waals surface area contributed by atoms with Crippen LogP contribution in [0.3, 0.4) is 0 Å². The molecule has 3 heteroatoms. The first kappa shape index (κ1) is 22.0. The zero-order valence-electron chi connectivity index (χ0n) is 18.5. The fourth-order valence-corrected chi connectivity index (χ4v) is 4.11. The Morgan fingerprint density at radius 3 is 1.18 bits per heavy atom. The Hall–Kier alpha value is -3.82. The minimum absolute atomic E-state index is 0.709. The third-order valence-corrected chi connectivity index (χ3v) is 6.14. The molecule has 0 amide bonds. The molecule has 0 aliphatic rings. The van der Waals surface area contributed by atoms with Crippen LogP contribution in [0.25, 0.3) is 22.3 Å². The van der Waals surface area contributed by atoms with Gasteiger partial charge in [-0.15, -0.1) is 0 Å². The maximum absolute atomic E-state index is 6.17. The summed E-state index contributed by atoms with van der Waals surface area (Å²) in [7, 11) is 0. The predicted molar refractivity (Wildman–Crippen MR) is 143 cm³/mol. The first-order valence-corrected chi connectivity index (χ1v) is 12.3. The molecule has 0 aromatic heterocycles. The molecule has 0 spiro atoms. The maximum atomic E-state index is 6.17. The van der Waals surface area contributed by atoms with Crippen molar-refractivity contribution in [2.45, 2.75) is 5.33 Å². The molecule has 5 aromatic rings. The SMILES string of the molecule is BrCc1cc(Oc2ccc(-c3ccccc3)cc2)cc(Oc2ccc(-c3ccccc3)cc2)c1. The smallest absolute Gasteiger partial charge is 0.131 e. The van der Waals surface area contributed by atoms with Crippen molar-refractivity contribution in [1.29, 1.82) is 0 Å². The zero-order chi connectivity index (χ0) is 23.2. The second kappa shape index (κ2) is 10.4. The molecule has 0 saturated carbocycles.